The van der Waals surface area contributed by atoms with Gasteiger partial charge in [0.2, 0.25) is 16.0 Å². The SMILES string of the molecule is C.Cc1ccc(S(=O)(=O)NCC2CCC(CNc3nc(NCCN)c4ccccc4n3)CC2)cc1. The minimum Gasteiger partial charge on any atom is -0.368 e. The summed E-state index contributed by atoms with van der Waals surface area (Å²) < 4.78 is 27.9. The van der Waals surface area contributed by atoms with Gasteiger partial charge in [0.15, 0.2) is 0 Å². The lowest BCUT2D eigenvalue weighted by Gasteiger charge is -2.28. The van der Waals surface area contributed by atoms with E-state index in [1.54, 1.807) is 12.1 Å². The van der Waals surface area contributed by atoms with Crippen LogP contribution in [0.2, 0.25) is 0 Å². The molecule has 3 aromatic rings. The van der Waals surface area contributed by atoms with Gasteiger partial charge in [0.25, 0.3) is 0 Å². The van der Waals surface area contributed by atoms with Crippen LogP contribution in [0, 0.1) is 18.8 Å². The standard InChI is InChI=1S/C25H34N6O2S.CH4/c1-18-6-12-21(13-7-18)34(32,33)29-17-20-10-8-19(9-11-20)16-28-25-30-23-5-3-2-4-22(23)24(31-25)27-15-14-26;/h2-7,12-13,19-20,29H,8-11,14-17,26H2,1H3,(H2,27,28,30,31);1H4. The highest BCUT2D eigenvalue weighted by Crippen LogP contribution is 2.29. The van der Waals surface area contributed by atoms with Crippen LogP contribution < -0.4 is 21.1 Å². The van der Waals surface area contributed by atoms with Gasteiger partial charge in [0.1, 0.15) is 5.82 Å². The molecule has 9 heteroatoms. The van der Waals surface area contributed by atoms with Crippen molar-refractivity contribution in [3.05, 3.63) is 54.1 Å². The first kappa shape index (κ1) is 26.8. The predicted molar refractivity (Wildman–Crippen MR) is 144 cm³/mol. The van der Waals surface area contributed by atoms with E-state index in [1.165, 1.54) is 0 Å². The van der Waals surface area contributed by atoms with E-state index in [1.807, 2.05) is 43.3 Å². The van der Waals surface area contributed by atoms with Crippen LogP contribution >= 0.6 is 0 Å². The first-order chi connectivity index (χ1) is 16.4. The van der Waals surface area contributed by atoms with E-state index in [-0.39, 0.29) is 7.43 Å². The Morgan fingerprint density at radius 2 is 1.57 bits per heavy atom. The molecular formula is C26H38N6O2S. The van der Waals surface area contributed by atoms with Crippen LogP contribution in [0.1, 0.15) is 38.7 Å². The van der Waals surface area contributed by atoms with Crippen molar-refractivity contribution in [1.82, 2.24) is 14.7 Å². The molecule has 0 aliphatic heterocycles. The van der Waals surface area contributed by atoms with Crippen LogP contribution in [0.3, 0.4) is 0 Å². The molecule has 1 saturated carbocycles. The molecule has 0 saturated heterocycles. The van der Waals surface area contributed by atoms with Crippen LogP contribution in [0.15, 0.2) is 53.4 Å². The van der Waals surface area contributed by atoms with Crippen LogP contribution in [0.25, 0.3) is 10.9 Å². The van der Waals surface area contributed by atoms with E-state index in [4.69, 9.17) is 5.73 Å². The molecule has 1 aromatic heterocycles. The summed E-state index contributed by atoms with van der Waals surface area (Å²) in [6, 6.07) is 14.9. The average Bonchev–Trinajstić information content (AvgIpc) is 2.85. The highest BCUT2D eigenvalue weighted by atomic mass is 32.2. The van der Waals surface area contributed by atoms with Gasteiger partial charge < -0.3 is 16.4 Å². The van der Waals surface area contributed by atoms with Crippen molar-refractivity contribution in [2.45, 2.75) is 44.9 Å². The molecular weight excluding hydrogens is 460 g/mol. The molecule has 0 amide bonds. The van der Waals surface area contributed by atoms with Gasteiger partial charge in [0.05, 0.1) is 10.4 Å². The second-order valence-electron chi connectivity index (χ2n) is 9.06. The number of nitrogens with two attached hydrogens (primary N) is 1. The van der Waals surface area contributed by atoms with Crippen LogP contribution in [-0.4, -0.2) is 44.6 Å². The molecule has 0 unspecified atom stereocenters. The Morgan fingerprint density at radius 1 is 0.914 bits per heavy atom. The smallest absolute Gasteiger partial charge is 0.240 e. The summed E-state index contributed by atoms with van der Waals surface area (Å²) in [6.45, 7) is 4.42. The van der Waals surface area contributed by atoms with Crippen molar-refractivity contribution in [3.63, 3.8) is 0 Å². The first-order valence-corrected chi connectivity index (χ1v) is 13.4. The maximum absolute atomic E-state index is 12.5. The Bertz CT molecular complexity index is 1190. The Balaban J connectivity index is 0.00000342. The second kappa shape index (κ2) is 12.3. The molecule has 190 valence electrons. The molecule has 4 rings (SSSR count). The van der Waals surface area contributed by atoms with Crippen molar-refractivity contribution in [3.8, 4) is 0 Å². The normalized spacial score (nSPS) is 18.1. The molecule has 1 heterocycles. The number of sulfonamides is 1. The lowest BCUT2D eigenvalue weighted by Crippen LogP contribution is -2.32. The third kappa shape index (κ3) is 7.13. The third-order valence-electron chi connectivity index (χ3n) is 6.45. The van der Waals surface area contributed by atoms with Crippen molar-refractivity contribution >= 4 is 32.7 Å². The number of para-hydroxylation sites is 1. The van der Waals surface area contributed by atoms with E-state index in [2.05, 4.69) is 25.3 Å². The fourth-order valence-corrected chi connectivity index (χ4v) is 5.50. The monoisotopic (exact) mass is 498 g/mol. The fraction of sp³-hybridized carbons (Fsp3) is 0.462. The molecule has 0 radical (unpaired) electrons. The zero-order chi connectivity index (χ0) is 24.0. The number of nitrogens with zero attached hydrogens (tertiary/aromatic N) is 2. The van der Waals surface area contributed by atoms with Crippen LogP contribution in [0.4, 0.5) is 11.8 Å². The quantitative estimate of drug-likeness (QED) is 0.331. The number of anilines is 2. The van der Waals surface area contributed by atoms with Gasteiger partial charge in [-0.15, -0.1) is 0 Å². The summed E-state index contributed by atoms with van der Waals surface area (Å²) in [5.74, 6) is 2.29. The Hall–Kier alpha value is -2.75. The second-order valence-corrected chi connectivity index (χ2v) is 10.8. The van der Waals surface area contributed by atoms with Crippen molar-refractivity contribution in [2.75, 3.05) is 36.8 Å². The molecule has 5 N–H and O–H groups in total. The van der Waals surface area contributed by atoms with Gasteiger partial charge in [-0.2, -0.15) is 4.98 Å². The zero-order valence-electron chi connectivity index (χ0n) is 19.6. The van der Waals surface area contributed by atoms with Crippen molar-refractivity contribution < 1.29 is 8.42 Å². The number of fused-ring (bicyclic) bond motifs is 1. The highest BCUT2D eigenvalue weighted by molar-refractivity contribution is 7.89. The summed E-state index contributed by atoms with van der Waals surface area (Å²) in [5.41, 5.74) is 7.58. The molecule has 0 bridgehead atoms. The van der Waals surface area contributed by atoms with Crippen LogP contribution in [0.5, 0.6) is 0 Å². The summed E-state index contributed by atoms with van der Waals surface area (Å²) >= 11 is 0. The van der Waals surface area contributed by atoms with Crippen molar-refractivity contribution in [2.24, 2.45) is 17.6 Å². The molecule has 1 fully saturated rings. The number of hydrogen-bond donors (Lipinski definition) is 4. The third-order valence-corrected chi connectivity index (χ3v) is 7.89. The number of rotatable bonds is 10. The van der Waals surface area contributed by atoms with E-state index in [9.17, 15) is 8.42 Å². The van der Waals surface area contributed by atoms with Crippen LogP contribution in [-0.2, 0) is 10.0 Å². The number of aromatic nitrogens is 2. The molecule has 35 heavy (non-hydrogen) atoms. The highest BCUT2D eigenvalue weighted by Gasteiger charge is 2.23. The maximum Gasteiger partial charge on any atom is 0.240 e. The lowest BCUT2D eigenvalue weighted by molar-refractivity contribution is 0.284. The first-order valence-electron chi connectivity index (χ1n) is 12.0. The van der Waals surface area contributed by atoms with Gasteiger partial charge in [0, 0.05) is 31.6 Å². The predicted octanol–water partition coefficient (Wildman–Crippen LogP) is 4.14. The Labute approximate surface area is 209 Å². The minimum absolute atomic E-state index is 0. The van der Waals surface area contributed by atoms with Gasteiger partial charge >= 0.3 is 0 Å². The molecule has 1 aliphatic rings. The molecule has 1 aliphatic carbocycles. The summed E-state index contributed by atoms with van der Waals surface area (Å²) in [4.78, 5) is 9.65. The van der Waals surface area contributed by atoms with E-state index < -0.39 is 10.0 Å². The topological polar surface area (TPSA) is 122 Å². The van der Waals surface area contributed by atoms with Gasteiger partial charge in [-0.1, -0.05) is 37.3 Å². The van der Waals surface area contributed by atoms with Gasteiger partial charge in [-0.05, 0) is 68.7 Å². The molecule has 0 spiro atoms. The molecule has 0 atom stereocenters. The maximum atomic E-state index is 12.5. The summed E-state index contributed by atoms with van der Waals surface area (Å²) in [7, 11) is -3.46. The Kier molecular flexibility index (Phi) is 9.42. The molecule has 2 aromatic carbocycles. The summed E-state index contributed by atoms with van der Waals surface area (Å²) in [5, 5.41) is 7.69. The fourth-order valence-electron chi connectivity index (χ4n) is 4.38. The van der Waals surface area contributed by atoms with Gasteiger partial charge in [-0.3, -0.25) is 0 Å². The lowest BCUT2D eigenvalue weighted by atomic mass is 9.82. The van der Waals surface area contributed by atoms with E-state index in [0.29, 0.717) is 42.3 Å². The van der Waals surface area contributed by atoms with E-state index in [0.717, 1.165) is 54.5 Å². The molecule has 8 nitrogen and oxygen atoms in total. The number of aryl methyl sites for hydroxylation is 1. The average molecular weight is 499 g/mol. The Morgan fingerprint density at radius 3 is 2.26 bits per heavy atom. The zero-order valence-corrected chi connectivity index (χ0v) is 20.4. The number of benzene rings is 2. The van der Waals surface area contributed by atoms with E-state index >= 15 is 0 Å². The minimum atomic E-state index is -3.46. The largest absolute Gasteiger partial charge is 0.368 e. The number of hydrogen-bond acceptors (Lipinski definition) is 7. The number of nitrogens with one attached hydrogen (secondary N) is 3. The summed E-state index contributed by atoms with van der Waals surface area (Å²) in [6.07, 6.45) is 4.11. The van der Waals surface area contributed by atoms with Crippen molar-refractivity contribution in [1.29, 1.82) is 0 Å². The van der Waals surface area contributed by atoms with Gasteiger partial charge in [-0.25, -0.2) is 18.1 Å².